The molecule has 0 fully saturated rings. The van der Waals surface area contributed by atoms with Gasteiger partial charge in [0.2, 0.25) is 0 Å². The third-order valence-electron chi connectivity index (χ3n) is 6.02. The molecule has 0 aliphatic rings. The van der Waals surface area contributed by atoms with Gasteiger partial charge in [-0.15, -0.1) is 11.3 Å². The van der Waals surface area contributed by atoms with Crippen LogP contribution in [0.4, 0.5) is 14.6 Å². The number of amides is 2. The number of halogens is 3. The molecule has 2 aromatic rings. The van der Waals surface area contributed by atoms with E-state index < -0.39 is 29.4 Å². The summed E-state index contributed by atoms with van der Waals surface area (Å²) in [4.78, 5) is 48.6. The highest BCUT2D eigenvalue weighted by molar-refractivity contribution is 7.13. The molecule has 260 valence electrons. The van der Waals surface area contributed by atoms with Crippen LogP contribution in [0.5, 0.6) is 0 Å². The number of ether oxygens (including phenoxy) is 1. The summed E-state index contributed by atoms with van der Waals surface area (Å²) in [6, 6.07) is 1.36. The first-order valence-corrected chi connectivity index (χ1v) is 16.5. The molecule has 0 aromatic carbocycles. The van der Waals surface area contributed by atoms with Crippen LogP contribution < -0.4 is 16.0 Å². The van der Waals surface area contributed by atoms with Crippen LogP contribution in [0.2, 0.25) is 0 Å². The summed E-state index contributed by atoms with van der Waals surface area (Å²) in [5, 5.41) is 9.04. The smallest absolute Gasteiger partial charge is 0.303 e. The molecule has 0 spiro atoms. The zero-order valence-electron chi connectivity index (χ0n) is 28.6. The van der Waals surface area contributed by atoms with Crippen LogP contribution in [-0.4, -0.2) is 50.3 Å². The molecular weight excluding hydrogens is 650 g/mol. The Morgan fingerprint density at radius 1 is 1.06 bits per heavy atom. The number of hydrogen-bond donors (Lipinski definition) is 3. The average molecular weight is 697 g/mol. The lowest BCUT2D eigenvalue weighted by Gasteiger charge is -2.18. The predicted octanol–water partition coefficient (Wildman–Crippen LogP) is 8.12. The Bertz CT molecular complexity index is 1430. The van der Waals surface area contributed by atoms with Crippen LogP contribution >= 0.6 is 22.9 Å². The van der Waals surface area contributed by atoms with Gasteiger partial charge in [-0.1, -0.05) is 50.9 Å². The maximum Gasteiger partial charge on any atom is 0.303 e. The molecule has 0 bridgehead atoms. The zero-order valence-corrected chi connectivity index (χ0v) is 30.2. The molecule has 0 saturated carbocycles. The van der Waals surface area contributed by atoms with E-state index >= 15 is 0 Å². The van der Waals surface area contributed by atoms with Gasteiger partial charge in [-0.3, -0.25) is 14.4 Å². The van der Waals surface area contributed by atoms with E-state index in [1.807, 2.05) is 20.8 Å². The Morgan fingerprint density at radius 2 is 1.68 bits per heavy atom. The van der Waals surface area contributed by atoms with Crippen molar-refractivity contribution in [2.24, 2.45) is 0 Å². The molecule has 10 nitrogen and oxygen atoms in total. The fourth-order valence-electron chi connectivity index (χ4n) is 4.12. The number of aromatic nitrogens is 3. The van der Waals surface area contributed by atoms with E-state index in [-0.39, 0.29) is 38.9 Å². The molecule has 47 heavy (non-hydrogen) atoms. The summed E-state index contributed by atoms with van der Waals surface area (Å²) in [5.41, 5.74) is -0.420. The minimum Gasteiger partial charge on any atom is -0.460 e. The van der Waals surface area contributed by atoms with Gasteiger partial charge in [0, 0.05) is 42.3 Å². The number of esters is 1. The summed E-state index contributed by atoms with van der Waals surface area (Å²) >= 11 is 6.94. The highest BCUT2D eigenvalue weighted by atomic mass is 35.5. The highest BCUT2D eigenvalue weighted by Crippen LogP contribution is 2.30. The van der Waals surface area contributed by atoms with Gasteiger partial charge in [0.15, 0.2) is 0 Å². The van der Waals surface area contributed by atoms with Crippen molar-refractivity contribution in [2.75, 3.05) is 5.32 Å². The lowest BCUT2D eigenvalue weighted by molar-refractivity contribution is -0.151. The third-order valence-corrected chi connectivity index (χ3v) is 7.56. The lowest BCUT2D eigenvalue weighted by atomic mass is 10.1. The first kappa shape index (κ1) is 41.3. The number of anilines is 1. The number of carbonyl (C=O) groups excluding carboxylic acids is 3. The lowest BCUT2D eigenvalue weighted by Crippen LogP contribution is -2.28. The van der Waals surface area contributed by atoms with Crippen molar-refractivity contribution in [3.63, 3.8) is 0 Å². The van der Waals surface area contributed by atoms with E-state index in [0.29, 0.717) is 17.7 Å². The highest BCUT2D eigenvalue weighted by Gasteiger charge is 2.28. The number of carbonyl (C=O) groups is 3. The zero-order chi connectivity index (χ0) is 35.9. The molecule has 0 aliphatic heterocycles. The van der Waals surface area contributed by atoms with Crippen molar-refractivity contribution in [3.05, 3.63) is 69.2 Å². The van der Waals surface area contributed by atoms with E-state index in [1.54, 1.807) is 13.0 Å². The Balaban J connectivity index is 0.00000122. The molecule has 0 saturated heterocycles. The van der Waals surface area contributed by atoms with Crippen molar-refractivity contribution in [2.45, 2.75) is 112 Å². The van der Waals surface area contributed by atoms with Gasteiger partial charge in [-0.2, -0.15) is 0 Å². The molecule has 1 atom stereocenters. The number of thiazole rings is 1. The van der Waals surface area contributed by atoms with E-state index in [0.717, 1.165) is 49.2 Å². The molecule has 2 heterocycles. The molecule has 2 amide bonds. The molecule has 14 heteroatoms. The fourth-order valence-corrected chi connectivity index (χ4v) is 5.16. The first-order valence-electron chi connectivity index (χ1n) is 15.3. The van der Waals surface area contributed by atoms with Crippen molar-refractivity contribution < 1.29 is 27.9 Å². The summed E-state index contributed by atoms with van der Waals surface area (Å²) in [7, 11) is 0. The van der Waals surface area contributed by atoms with Crippen molar-refractivity contribution in [1.82, 2.24) is 25.6 Å². The van der Waals surface area contributed by atoms with E-state index in [1.165, 1.54) is 26.4 Å². The van der Waals surface area contributed by atoms with E-state index in [9.17, 15) is 23.2 Å². The van der Waals surface area contributed by atoms with Crippen LogP contribution in [0.3, 0.4) is 0 Å². The predicted molar refractivity (Wildman–Crippen MR) is 184 cm³/mol. The third kappa shape index (κ3) is 15.6. The van der Waals surface area contributed by atoms with Crippen molar-refractivity contribution in [3.8, 4) is 0 Å². The van der Waals surface area contributed by atoms with Crippen molar-refractivity contribution in [1.29, 1.82) is 0 Å². The Hall–Kier alpha value is -3.71. The number of nitrogens with zero attached hydrogens (tertiary/aromatic N) is 3. The molecule has 2 rings (SSSR count). The van der Waals surface area contributed by atoms with Crippen LogP contribution in [-0.2, 0) is 9.53 Å². The SMILES string of the molecule is C=C/C(Cl)=C(\C=C(/C)NC(=O)c1cnc(C(C)NC(=O)c2cc(NC(CCC)CCC)ncn2)s1)C(C)(F)F.CC(=O)OC(C)(C)C. The van der Waals surface area contributed by atoms with Gasteiger partial charge in [0.05, 0.1) is 12.2 Å². The van der Waals surface area contributed by atoms with Crippen molar-refractivity contribution >= 4 is 46.5 Å². The van der Waals surface area contributed by atoms with Gasteiger partial charge >= 0.3 is 5.97 Å². The molecule has 0 aliphatic carbocycles. The topological polar surface area (TPSA) is 135 Å². The molecule has 1 unspecified atom stereocenters. The minimum absolute atomic E-state index is 0.168. The maximum atomic E-state index is 13.9. The number of alkyl halides is 2. The van der Waals surface area contributed by atoms with Crippen LogP contribution in [0.1, 0.15) is 119 Å². The maximum absolute atomic E-state index is 13.9. The molecule has 0 radical (unpaired) electrons. The monoisotopic (exact) mass is 696 g/mol. The van der Waals surface area contributed by atoms with E-state index in [2.05, 4.69) is 51.3 Å². The summed E-state index contributed by atoms with van der Waals surface area (Å²) in [6.45, 7) is 18.5. The summed E-state index contributed by atoms with van der Waals surface area (Å²) < 4.78 is 32.6. The van der Waals surface area contributed by atoms with Crippen LogP contribution in [0, 0.1) is 0 Å². The normalized spacial score (nSPS) is 13.1. The Labute approximate surface area is 285 Å². The van der Waals surface area contributed by atoms with Gasteiger partial charge in [0.1, 0.15) is 33.3 Å². The number of rotatable bonds is 14. The van der Waals surface area contributed by atoms with Gasteiger partial charge in [-0.25, -0.2) is 23.7 Å². The molecule has 3 N–H and O–H groups in total. The average Bonchev–Trinajstić information content (AvgIpc) is 3.45. The van der Waals surface area contributed by atoms with Gasteiger partial charge in [-0.05, 0) is 53.5 Å². The second-order valence-corrected chi connectivity index (χ2v) is 13.3. The van der Waals surface area contributed by atoms with Gasteiger partial charge in [0.25, 0.3) is 17.7 Å². The summed E-state index contributed by atoms with van der Waals surface area (Å²) in [6.07, 6.45) is 8.98. The second kappa shape index (κ2) is 19.2. The number of nitrogens with one attached hydrogen (secondary N) is 3. The standard InChI is InChI=1S/C27H35ClF2N6O2S.C6H12O2/c1-7-10-18(11-8-2)36-23-13-21(32-15-33-23)24(37)35-17(5)26-31-14-22(39-26)25(38)34-16(4)12-19(20(28)9-3)27(6,29)30;1-5(7)8-6(2,3)4/h9,12-15,17-18H,3,7-8,10-11H2,1-2,4-6H3,(H,34,38)(H,35,37)(H,32,33,36);1-4H3/b16-12+,20-19-;. The van der Waals surface area contributed by atoms with Crippen LogP contribution in [0.25, 0.3) is 0 Å². The quantitative estimate of drug-likeness (QED) is 0.133. The Morgan fingerprint density at radius 3 is 2.17 bits per heavy atom. The van der Waals surface area contributed by atoms with Crippen LogP contribution in [0.15, 0.2) is 53.6 Å². The largest absolute Gasteiger partial charge is 0.460 e. The number of hydrogen-bond acceptors (Lipinski definition) is 9. The summed E-state index contributed by atoms with van der Waals surface area (Å²) in [5.74, 6) is -3.80. The van der Waals surface area contributed by atoms with E-state index in [4.69, 9.17) is 16.3 Å². The Kier molecular flexibility index (Phi) is 16.9. The molecular formula is C33H47ClF2N6O4S. The molecule has 2 aromatic heterocycles. The number of allylic oxidation sites excluding steroid dienone is 5. The first-order chi connectivity index (χ1) is 21.8. The fraction of sp³-hybridized carbons (Fsp3) is 0.515. The van der Waals surface area contributed by atoms with Gasteiger partial charge < -0.3 is 20.7 Å². The second-order valence-electron chi connectivity index (χ2n) is 11.8. The minimum atomic E-state index is -3.23.